The number of sulfone groups is 1. The Kier molecular flexibility index (Phi) is 4.20. The van der Waals surface area contributed by atoms with E-state index in [-0.39, 0.29) is 16.7 Å². The van der Waals surface area contributed by atoms with Crippen molar-refractivity contribution in [2.45, 2.75) is 37.6 Å². The maximum Gasteiger partial charge on any atom is 0.274 e. The maximum absolute atomic E-state index is 12.6. The van der Waals surface area contributed by atoms with Crippen LogP contribution in [0.5, 0.6) is 0 Å². The highest BCUT2D eigenvalue weighted by molar-refractivity contribution is 7.90. The fourth-order valence-electron chi connectivity index (χ4n) is 3.15. The lowest BCUT2D eigenvalue weighted by Crippen LogP contribution is -2.29. The van der Waals surface area contributed by atoms with Crippen LogP contribution in [0.25, 0.3) is 0 Å². The second-order valence-electron chi connectivity index (χ2n) is 6.14. The van der Waals surface area contributed by atoms with Crippen LogP contribution in [0.2, 0.25) is 0 Å². The molecule has 3 rings (SSSR count). The molecule has 1 aliphatic heterocycles. The summed E-state index contributed by atoms with van der Waals surface area (Å²) >= 11 is 0. The van der Waals surface area contributed by atoms with Crippen molar-refractivity contribution in [2.75, 3.05) is 19.3 Å². The number of hydrogen-bond donors (Lipinski definition) is 1. The van der Waals surface area contributed by atoms with E-state index in [1.807, 2.05) is 13.8 Å². The Morgan fingerprint density at radius 2 is 2.21 bits per heavy atom. The van der Waals surface area contributed by atoms with Crippen molar-refractivity contribution in [3.8, 4) is 0 Å². The van der Waals surface area contributed by atoms with E-state index in [2.05, 4.69) is 15.3 Å². The quantitative estimate of drug-likeness (QED) is 0.884. The van der Waals surface area contributed by atoms with E-state index >= 15 is 0 Å². The predicted molar refractivity (Wildman–Crippen MR) is 87.6 cm³/mol. The zero-order valence-electron chi connectivity index (χ0n) is 14.0. The van der Waals surface area contributed by atoms with E-state index < -0.39 is 9.84 Å². The third-order valence-corrected chi connectivity index (χ3v) is 5.54. The van der Waals surface area contributed by atoms with Crippen molar-refractivity contribution < 1.29 is 13.2 Å². The molecule has 8 nitrogen and oxygen atoms in total. The van der Waals surface area contributed by atoms with Crippen LogP contribution in [-0.4, -0.2) is 58.5 Å². The van der Waals surface area contributed by atoms with E-state index in [1.165, 1.54) is 12.5 Å². The topological polar surface area (TPSA) is 101 Å². The van der Waals surface area contributed by atoms with Crippen molar-refractivity contribution in [3.05, 3.63) is 29.3 Å². The minimum atomic E-state index is -3.34. The van der Waals surface area contributed by atoms with Gasteiger partial charge in [-0.3, -0.25) is 14.6 Å². The van der Waals surface area contributed by atoms with Gasteiger partial charge in [-0.25, -0.2) is 8.42 Å². The summed E-state index contributed by atoms with van der Waals surface area (Å²) in [7, 11) is -3.34. The Morgan fingerprint density at radius 3 is 2.83 bits per heavy atom. The first-order valence-corrected chi connectivity index (χ1v) is 9.77. The lowest BCUT2D eigenvalue weighted by atomic mass is 10.1. The average molecular weight is 351 g/mol. The molecule has 1 aliphatic rings. The third-order valence-electron chi connectivity index (χ3n) is 4.42. The second kappa shape index (κ2) is 6.04. The van der Waals surface area contributed by atoms with Gasteiger partial charge in [0.25, 0.3) is 5.91 Å². The molecule has 0 saturated carbocycles. The summed E-state index contributed by atoms with van der Waals surface area (Å²) in [5, 5.41) is 11.0. The summed E-state index contributed by atoms with van der Waals surface area (Å²) in [4.78, 5) is 14.6. The van der Waals surface area contributed by atoms with Crippen LogP contribution in [0.3, 0.4) is 0 Å². The van der Waals surface area contributed by atoms with Gasteiger partial charge in [-0.15, -0.1) is 0 Å². The number of aromatic nitrogens is 4. The Hall–Kier alpha value is -2.16. The lowest BCUT2D eigenvalue weighted by molar-refractivity contribution is 0.0784. The molecular weight excluding hydrogens is 330 g/mol. The number of H-pyrrole nitrogens is 1. The van der Waals surface area contributed by atoms with E-state index in [4.69, 9.17) is 0 Å². The van der Waals surface area contributed by atoms with Crippen molar-refractivity contribution >= 4 is 15.7 Å². The van der Waals surface area contributed by atoms with Gasteiger partial charge in [0.05, 0.1) is 11.9 Å². The molecule has 2 aromatic heterocycles. The van der Waals surface area contributed by atoms with E-state index in [0.717, 1.165) is 5.69 Å². The van der Waals surface area contributed by atoms with Gasteiger partial charge in [0.15, 0.2) is 15.5 Å². The largest absolute Gasteiger partial charge is 0.337 e. The predicted octanol–water partition coefficient (Wildman–Crippen LogP) is 0.968. The van der Waals surface area contributed by atoms with Gasteiger partial charge in [0.2, 0.25) is 0 Å². The van der Waals surface area contributed by atoms with Crippen molar-refractivity contribution in [1.29, 1.82) is 0 Å². The van der Waals surface area contributed by atoms with Crippen LogP contribution < -0.4 is 0 Å². The van der Waals surface area contributed by atoms with Gasteiger partial charge < -0.3 is 4.90 Å². The summed E-state index contributed by atoms with van der Waals surface area (Å²) in [5.74, 6) is -0.177. The van der Waals surface area contributed by atoms with Crippen molar-refractivity contribution in [3.63, 3.8) is 0 Å². The Balaban J connectivity index is 1.78. The average Bonchev–Trinajstić information content (AvgIpc) is 3.24. The number of hydrogen-bond acceptors (Lipinski definition) is 5. The SMILES string of the molecule is CCn1nc(C(=O)N2CC[C@@H](c3[nH]ncc3S(C)(=O)=O)C2)cc1C. The van der Waals surface area contributed by atoms with Crippen LogP contribution >= 0.6 is 0 Å². The molecule has 0 aromatic carbocycles. The highest BCUT2D eigenvalue weighted by atomic mass is 32.2. The fourth-order valence-corrected chi connectivity index (χ4v) is 4.01. The monoisotopic (exact) mass is 351 g/mol. The highest BCUT2D eigenvalue weighted by Gasteiger charge is 2.33. The molecule has 1 N–H and O–H groups in total. The Labute approximate surface area is 140 Å². The maximum atomic E-state index is 12.6. The normalized spacial score (nSPS) is 18.3. The van der Waals surface area contributed by atoms with Crippen LogP contribution in [0.4, 0.5) is 0 Å². The molecule has 1 fully saturated rings. The van der Waals surface area contributed by atoms with Gasteiger partial charge in [-0.1, -0.05) is 0 Å². The number of nitrogens with zero attached hydrogens (tertiary/aromatic N) is 4. The number of carbonyl (C=O) groups is 1. The number of amides is 1. The number of aryl methyl sites for hydroxylation is 2. The lowest BCUT2D eigenvalue weighted by Gasteiger charge is -2.15. The summed E-state index contributed by atoms with van der Waals surface area (Å²) in [6.07, 6.45) is 3.20. The van der Waals surface area contributed by atoms with Crippen molar-refractivity contribution in [2.24, 2.45) is 0 Å². The van der Waals surface area contributed by atoms with Gasteiger partial charge in [-0.2, -0.15) is 10.2 Å². The minimum absolute atomic E-state index is 0.0597. The van der Waals surface area contributed by atoms with Crippen LogP contribution in [0.15, 0.2) is 17.2 Å². The molecule has 3 heterocycles. The van der Waals surface area contributed by atoms with Crippen LogP contribution in [-0.2, 0) is 16.4 Å². The van der Waals surface area contributed by atoms with Gasteiger partial charge in [-0.05, 0) is 26.3 Å². The molecule has 1 saturated heterocycles. The van der Waals surface area contributed by atoms with Crippen LogP contribution in [0.1, 0.15) is 41.1 Å². The van der Waals surface area contributed by atoms with E-state index in [1.54, 1.807) is 15.6 Å². The van der Waals surface area contributed by atoms with Crippen LogP contribution in [0, 0.1) is 6.92 Å². The molecule has 9 heteroatoms. The molecule has 130 valence electrons. The molecule has 0 aliphatic carbocycles. The van der Waals surface area contributed by atoms with Crippen molar-refractivity contribution in [1.82, 2.24) is 24.9 Å². The Bertz CT molecular complexity index is 868. The zero-order valence-corrected chi connectivity index (χ0v) is 14.8. The molecular formula is C15H21N5O3S. The first kappa shape index (κ1) is 16.7. The number of aromatic amines is 1. The number of carbonyl (C=O) groups excluding carboxylic acids is 1. The first-order chi connectivity index (χ1) is 11.3. The highest BCUT2D eigenvalue weighted by Crippen LogP contribution is 2.30. The van der Waals surface area contributed by atoms with Gasteiger partial charge in [0.1, 0.15) is 4.90 Å². The first-order valence-electron chi connectivity index (χ1n) is 7.88. The van der Waals surface area contributed by atoms with Gasteiger partial charge >= 0.3 is 0 Å². The number of nitrogens with one attached hydrogen (secondary N) is 1. The number of rotatable bonds is 4. The molecule has 0 spiro atoms. The molecule has 1 amide bonds. The van der Waals surface area contributed by atoms with E-state index in [9.17, 15) is 13.2 Å². The summed E-state index contributed by atoms with van der Waals surface area (Å²) in [6.45, 7) is 5.65. The van der Waals surface area contributed by atoms with Gasteiger partial charge in [0, 0.05) is 37.5 Å². The third kappa shape index (κ3) is 2.95. The molecule has 0 bridgehead atoms. The molecule has 24 heavy (non-hydrogen) atoms. The zero-order chi connectivity index (χ0) is 17.5. The molecule has 0 radical (unpaired) electrons. The minimum Gasteiger partial charge on any atom is -0.337 e. The summed E-state index contributed by atoms with van der Waals surface area (Å²) < 4.78 is 25.4. The second-order valence-corrected chi connectivity index (χ2v) is 8.13. The molecule has 0 unspecified atom stereocenters. The smallest absolute Gasteiger partial charge is 0.274 e. The number of likely N-dealkylation sites (tertiary alicyclic amines) is 1. The summed E-state index contributed by atoms with van der Waals surface area (Å²) in [5.41, 5.74) is 1.97. The standard InChI is InChI=1S/C15H21N5O3S/c1-4-20-10(2)7-12(18-20)15(21)19-6-5-11(9-19)14-13(8-16-17-14)24(3,22)23/h7-8,11H,4-6,9H2,1-3H3,(H,16,17)/t11-/m1/s1. The molecule has 2 aromatic rings. The summed E-state index contributed by atoms with van der Waals surface area (Å²) in [6, 6.07) is 1.79. The fraction of sp³-hybridized carbons (Fsp3) is 0.533. The molecule has 1 atom stereocenters. The van der Waals surface area contributed by atoms with E-state index in [0.29, 0.717) is 37.4 Å². The Morgan fingerprint density at radius 1 is 1.46 bits per heavy atom.